The molecule has 0 N–H and O–H groups in total. The maximum atomic E-state index is 13.3. The van der Waals surface area contributed by atoms with Crippen molar-refractivity contribution in [2.45, 2.75) is 25.0 Å². The van der Waals surface area contributed by atoms with Gasteiger partial charge in [0.15, 0.2) is 5.16 Å². The zero-order chi connectivity index (χ0) is 18.5. The number of aromatic nitrogens is 2. The molecule has 4 nitrogen and oxygen atoms in total. The number of fused-ring (bicyclic) bond motifs is 1. The summed E-state index contributed by atoms with van der Waals surface area (Å²) >= 11 is 5.01. The number of thioether (sulfide) groups is 1. The van der Waals surface area contributed by atoms with Crippen molar-refractivity contribution in [3.8, 4) is 0 Å². The molecule has 0 aliphatic carbocycles. The van der Waals surface area contributed by atoms with Crippen molar-refractivity contribution in [2.75, 3.05) is 19.0 Å². The number of nitrogens with zero attached hydrogens (tertiary/aromatic N) is 2. The first-order chi connectivity index (χ1) is 12.6. The molecular weight excluding hydrogens is 412 g/mol. The van der Waals surface area contributed by atoms with Gasteiger partial charge in [0.1, 0.15) is 0 Å². The number of halogens is 1. The number of benzene rings is 2. The highest BCUT2D eigenvalue weighted by Gasteiger charge is 2.18. The molecule has 1 heterocycles. The zero-order valence-electron chi connectivity index (χ0n) is 14.8. The number of ether oxygens (including phenoxy) is 1. The van der Waals surface area contributed by atoms with E-state index in [0.717, 1.165) is 20.9 Å². The fourth-order valence-corrected chi connectivity index (χ4v) is 4.10. The molecule has 0 saturated heterocycles. The summed E-state index contributed by atoms with van der Waals surface area (Å²) in [6, 6.07) is 15.6. The topological polar surface area (TPSA) is 44.1 Å². The minimum atomic E-state index is -0.103. The molecule has 0 spiro atoms. The Morgan fingerprint density at radius 1 is 1.23 bits per heavy atom. The third-order valence-electron chi connectivity index (χ3n) is 4.16. The number of hydrogen-bond acceptors (Lipinski definition) is 4. The summed E-state index contributed by atoms with van der Waals surface area (Å²) in [7, 11) is 0. The van der Waals surface area contributed by atoms with Crippen LogP contribution in [-0.4, -0.2) is 28.5 Å². The van der Waals surface area contributed by atoms with Gasteiger partial charge in [0.05, 0.1) is 23.6 Å². The lowest BCUT2D eigenvalue weighted by atomic mass is 10.1. The van der Waals surface area contributed by atoms with Gasteiger partial charge in [-0.05, 0) is 37.6 Å². The van der Waals surface area contributed by atoms with E-state index in [9.17, 15) is 4.79 Å². The summed E-state index contributed by atoms with van der Waals surface area (Å²) in [6.45, 7) is 5.33. The summed E-state index contributed by atoms with van der Waals surface area (Å²) in [4.78, 5) is 18.0. The van der Waals surface area contributed by atoms with E-state index in [2.05, 4.69) is 15.9 Å². The standard InChI is InChI=1S/C20H21BrN2O2S/c1-3-25-11-12-26-20-22-18-10-9-16(21)13-17(18)19(24)23(20)14(2)15-7-5-4-6-8-15/h4-10,13-14H,3,11-12H2,1-2H3. The Morgan fingerprint density at radius 3 is 2.73 bits per heavy atom. The Labute approximate surface area is 165 Å². The molecule has 0 fully saturated rings. The van der Waals surface area contributed by atoms with Gasteiger partial charge >= 0.3 is 0 Å². The van der Waals surface area contributed by atoms with Gasteiger partial charge < -0.3 is 4.74 Å². The highest BCUT2D eigenvalue weighted by Crippen LogP contribution is 2.25. The second-order valence-corrected chi connectivity index (χ2v) is 7.84. The number of hydrogen-bond donors (Lipinski definition) is 0. The molecule has 3 aromatic rings. The Bertz CT molecular complexity index is 944. The first-order valence-electron chi connectivity index (χ1n) is 8.59. The molecule has 1 aromatic heterocycles. The molecule has 1 atom stereocenters. The van der Waals surface area contributed by atoms with Gasteiger partial charge in [0, 0.05) is 16.8 Å². The van der Waals surface area contributed by atoms with Crippen LogP contribution in [-0.2, 0) is 4.74 Å². The van der Waals surface area contributed by atoms with Crippen LogP contribution in [0.1, 0.15) is 25.5 Å². The van der Waals surface area contributed by atoms with E-state index in [-0.39, 0.29) is 11.6 Å². The maximum Gasteiger partial charge on any atom is 0.262 e. The second kappa shape index (κ2) is 8.84. The molecule has 6 heteroatoms. The van der Waals surface area contributed by atoms with E-state index < -0.39 is 0 Å². The average molecular weight is 433 g/mol. The molecule has 136 valence electrons. The smallest absolute Gasteiger partial charge is 0.262 e. The van der Waals surface area contributed by atoms with Crippen LogP contribution in [0.2, 0.25) is 0 Å². The van der Waals surface area contributed by atoms with Crippen molar-refractivity contribution in [3.05, 3.63) is 68.9 Å². The van der Waals surface area contributed by atoms with Crippen LogP contribution in [0.15, 0.2) is 63.0 Å². The van der Waals surface area contributed by atoms with Gasteiger partial charge in [-0.3, -0.25) is 9.36 Å². The van der Waals surface area contributed by atoms with Crippen molar-refractivity contribution >= 4 is 38.6 Å². The summed E-state index contributed by atoms with van der Waals surface area (Å²) in [5.41, 5.74) is 1.78. The van der Waals surface area contributed by atoms with Gasteiger partial charge in [-0.2, -0.15) is 0 Å². The van der Waals surface area contributed by atoms with E-state index in [1.807, 2.05) is 62.4 Å². The molecular formula is C20H21BrN2O2S. The highest BCUT2D eigenvalue weighted by atomic mass is 79.9. The van der Waals surface area contributed by atoms with Crippen molar-refractivity contribution in [3.63, 3.8) is 0 Å². The average Bonchev–Trinajstić information content (AvgIpc) is 2.66. The quantitative estimate of drug-likeness (QED) is 0.302. The molecule has 0 amide bonds. The summed E-state index contributed by atoms with van der Waals surface area (Å²) in [5.74, 6) is 0.754. The third-order valence-corrected chi connectivity index (χ3v) is 5.57. The lowest BCUT2D eigenvalue weighted by Gasteiger charge is -2.20. The zero-order valence-corrected chi connectivity index (χ0v) is 17.2. The van der Waals surface area contributed by atoms with Crippen LogP contribution in [0.4, 0.5) is 0 Å². The Kier molecular flexibility index (Phi) is 6.51. The molecule has 3 rings (SSSR count). The van der Waals surface area contributed by atoms with Crippen molar-refractivity contribution in [1.82, 2.24) is 9.55 Å². The fraction of sp³-hybridized carbons (Fsp3) is 0.300. The normalized spacial score (nSPS) is 12.4. The predicted molar refractivity (Wildman–Crippen MR) is 111 cm³/mol. The summed E-state index contributed by atoms with van der Waals surface area (Å²) in [6.07, 6.45) is 0. The molecule has 0 radical (unpaired) electrons. The van der Waals surface area contributed by atoms with Crippen molar-refractivity contribution in [2.24, 2.45) is 0 Å². The van der Waals surface area contributed by atoms with Gasteiger partial charge in [-0.15, -0.1) is 0 Å². The van der Waals surface area contributed by atoms with E-state index in [4.69, 9.17) is 9.72 Å². The van der Waals surface area contributed by atoms with E-state index in [1.54, 1.807) is 16.3 Å². The third kappa shape index (κ3) is 4.19. The molecule has 0 aliphatic heterocycles. The van der Waals surface area contributed by atoms with Gasteiger partial charge in [0.25, 0.3) is 5.56 Å². The van der Waals surface area contributed by atoms with E-state index in [1.165, 1.54) is 0 Å². The van der Waals surface area contributed by atoms with Crippen molar-refractivity contribution in [1.29, 1.82) is 0 Å². The summed E-state index contributed by atoms with van der Waals surface area (Å²) in [5, 5.41) is 1.34. The fourth-order valence-electron chi connectivity index (χ4n) is 2.81. The Morgan fingerprint density at radius 2 is 2.00 bits per heavy atom. The van der Waals surface area contributed by atoms with Gasteiger partial charge in [-0.25, -0.2) is 4.98 Å². The first kappa shape index (κ1) is 19.1. The van der Waals surface area contributed by atoms with Gasteiger partial charge in [0.2, 0.25) is 0 Å². The maximum absolute atomic E-state index is 13.3. The lowest BCUT2D eigenvalue weighted by molar-refractivity contribution is 0.164. The molecule has 0 aliphatic rings. The molecule has 2 aromatic carbocycles. The van der Waals surface area contributed by atoms with E-state index in [0.29, 0.717) is 24.1 Å². The van der Waals surface area contributed by atoms with Crippen LogP contribution in [0.5, 0.6) is 0 Å². The monoisotopic (exact) mass is 432 g/mol. The van der Waals surface area contributed by atoms with Crippen LogP contribution >= 0.6 is 27.7 Å². The highest BCUT2D eigenvalue weighted by molar-refractivity contribution is 9.10. The van der Waals surface area contributed by atoms with Crippen LogP contribution in [0, 0.1) is 0 Å². The molecule has 0 saturated carbocycles. The van der Waals surface area contributed by atoms with Crippen LogP contribution in [0.25, 0.3) is 10.9 Å². The number of rotatable bonds is 7. The van der Waals surface area contributed by atoms with Gasteiger partial charge in [-0.1, -0.05) is 58.0 Å². The van der Waals surface area contributed by atoms with Crippen LogP contribution in [0.3, 0.4) is 0 Å². The minimum absolute atomic E-state index is 0.0217. The van der Waals surface area contributed by atoms with Crippen LogP contribution < -0.4 is 5.56 Å². The molecule has 1 unspecified atom stereocenters. The van der Waals surface area contributed by atoms with Crippen molar-refractivity contribution < 1.29 is 4.74 Å². The molecule has 0 bridgehead atoms. The first-order valence-corrected chi connectivity index (χ1v) is 10.4. The molecule has 26 heavy (non-hydrogen) atoms. The lowest BCUT2D eigenvalue weighted by Crippen LogP contribution is -2.27. The summed E-state index contributed by atoms with van der Waals surface area (Å²) < 4.78 is 8.10. The Balaban J connectivity index is 2.10. The Hall–Kier alpha value is -1.63. The van der Waals surface area contributed by atoms with E-state index >= 15 is 0 Å². The second-order valence-electron chi connectivity index (χ2n) is 5.86. The predicted octanol–water partition coefficient (Wildman–Crippen LogP) is 4.90. The largest absolute Gasteiger partial charge is 0.381 e. The minimum Gasteiger partial charge on any atom is -0.381 e. The SMILES string of the molecule is CCOCCSc1nc2ccc(Br)cc2c(=O)n1C(C)c1ccccc1.